The number of esters is 1. The molecule has 3 rings (SSSR count). The van der Waals surface area contributed by atoms with E-state index in [0.29, 0.717) is 21.5 Å². The van der Waals surface area contributed by atoms with Gasteiger partial charge in [0.25, 0.3) is 5.56 Å². The Bertz CT molecular complexity index is 952. The van der Waals surface area contributed by atoms with Crippen molar-refractivity contribution in [1.29, 1.82) is 0 Å². The monoisotopic (exact) mass is 342 g/mol. The maximum Gasteiger partial charge on any atom is 0.312 e. The summed E-state index contributed by atoms with van der Waals surface area (Å²) in [5, 5.41) is 8.07. The Morgan fingerprint density at radius 2 is 1.83 bits per heavy atom. The number of rotatable bonds is 4. The molecular weight excluding hydrogens is 328 g/mol. The Hall–Kier alpha value is -2.66. The third kappa shape index (κ3) is 3.31. The maximum absolute atomic E-state index is 12.2. The molecule has 2 aromatic carbocycles. The zero-order chi connectivity index (χ0) is 17.1. The first-order valence-corrected chi connectivity index (χ1v) is 7.84. The van der Waals surface area contributed by atoms with E-state index in [1.54, 1.807) is 37.3 Å². The molecule has 1 heterocycles. The van der Waals surface area contributed by atoms with Gasteiger partial charge in [-0.3, -0.25) is 9.59 Å². The summed E-state index contributed by atoms with van der Waals surface area (Å²) in [7, 11) is 0. The fourth-order valence-corrected chi connectivity index (χ4v) is 2.84. The zero-order valence-corrected chi connectivity index (χ0v) is 13.7. The number of hydrogen-bond donors (Lipinski definition) is 1. The van der Waals surface area contributed by atoms with E-state index in [9.17, 15) is 9.59 Å². The first-order chi connectivity index (χ1) is 11.6. The van der Waals surface area contributed by atoms with E-state index in [0.717, 1.165) is 5.56 Å². The van der Waals surface area contributed by atoms with Crippen LogP contribution in [0.1, 0.15) is 24.3 Å². The molecule has 0 aliphatic heterocycles. The number of H-pyrrole nitrogens is 1. The molecule has 0 unspecified atom stereocenters. The third-order valence-corrected chi connectivity index (χ3v) is 4.08. The lowest BCUT2D eigenvalue weighted by molar-refractivity contribution is -0.147. The van der Waals surface area contributed by atoms with Crippen molar-refractivity contribution in [2.45, 2.75) is 19.4 Å². The van der Waals surface area contributed by atoms with Crippen LogP contribution in [0.2, 0.25) is 5.02 Å². The zero-order valence-electron chi connectivity index (χ0n) is 13.0. The summed E-state index contributed by atoms with van der Waals surface area (Å²) in [6.45, 7) is 1.76. The van der Waals surface area contributed by atoms with Crippen molar-refractivity contribution in [2.75, 3.05) is 0 Å². The summed E-state index contributed by atoms with van der Waals surface area (Å²) in [5.74, 6) is -0.438. The summed E-state index contributed by atoms with van der Waals surface area (Å²) in [6, 6.07) is 14.2. The van der Waals surface area contributed by atoms with Gasteiger partial charge in [0.05, 0.1) is 17.5 Å². The number of fused-ring (bicyclic) bond motifs is 1. The highest BCUT2D eigenvalue weighted by Gasteiger charge is 2.17. The van der Waals surface area contributed by atoms with E-state index in [-0.39, 0.29) is 12.0 Å². The van der Waals surface area contributed by atoms with Crippen molar-refractivity contribution >= 4 is 28.3 Å². The van der Waals surface area contributed by atoms with Gasteiger partial charge in [0, 0.05) is 16.0 Å². The predicted octanol–water partition coefficient (Wildman–Crippen LogP) is 3.42. The number of benzene rings is 2. The average Bonchev–Trinajstić information content (AvgIpc) is 2.58. The highest BCUT2D eigenvalue weighted by Crippen LogP contribution is 2.25. The number of carbonyl (C=O) groups excluding carboxylic acids is 1. The molecule has 1 N–H and O–H groups in total. The quantitative estimate of drug-likeness (QED) is 0.737. The number of ether oxygens (including phenoxy) is 1. The predicted molar refractivity (Wildman–Crippen MR) is 92.0 cm³/mol. The fourth-order valence-electron chi connectivity index (χ4n) is 2.55. The summed E-state index contributed by atoms with van der Waals surface area (Å²) in [5.41, 5.74) is 0.931. The van der Waals surface area contributed by atoms with E-state index in [4.69, 9.17) is 16.3 Å². The lowest BCUT2D eigenvalue weighted by Crippen LogP contribution is -2.16. The minimum Gasteiger partial charge on any atom is -0.457 e. The van der Waals surface area contributed by atoms with Crippen LogP contribution in [-0.4, -0.2) is 16.2 Å². The van der Waals surface area contributed by atoms with Crippen LogP contribution in [0.25, 0.3) is 10.8 Å². The molecule has 0 saturated carbocycles. The molecule has 1 aromatic heterocycles. The summed E-state index contributed by atoms with van der Waals surface area (Å²) >= 11 is 6.11. The van der Waals surface area contributed by atoms with Gasteiger partial charge in [0.2, 0.25) is 0 Å². The van der Waals surface area contributed by atoms with E-state index in [1.165, 1.54) is 0 Å². The van der Waals surface area contributed by atoms with E-state index in [1.807, 2.05) is 18.2 Å². The highest BCUT2D eigenvalue weighted by molar-refractivity contribution is 6.31. The normalized spacial score (nSPS) is 12.1. The molecule has 0 spiro atoms. The Morgan fingerprint density at radius 3 is 2.58 bits per heavy atom. The van der Waals surface area contributed by atoms with Gasteiger partial charge in [-0.15, -0.1) is 0 Å². The molecule has 0 radical (unpaired) electrons. The fraction of sp³-hybridized carbons (Fsp3) is 0.167. The van der Waals surface area contributed by atoms with Crippen molar-refractivity contribution in [1.82, 2.24) is 10.2 Å². The molecule has 3 aromatic rings. The van der Waals surface area contributed by atoms with Gasteiger partial charge < -0.3 is 4.74 Å². The first kappa shape index (κ1) is 16.2. The Labute approximate surface area is 143 Å². The number of aromatic amines is 1. The number of aromatic nitrogens is 2. The second-order valence-electron chi connectivity index (χ2n) is 5.38. The topological polar surface area (TPSA) is 72.0 Å². The van der Waals surface area contributed by atoms with Crippen molar-refractivity contribution in [3.63, 3.8) is 0 Å². The van der Waals surface area contributed by atoms with Crippen LogP contribution in [0, 0.1) is 0 Å². The molecule has 24 heavy (non-hydrogen) atoms. The summed E-state index contributed by atoms with van der Waals surface area (Å²) in [6.07, 6.45) is -0.508. The smallest absolute Gasteiger partial charge is 0.312 e. The second kappa shape index (κ2) is 6.84. The second-order valence-corrected chi connectivity index (χ2v) is 5.78. The molecule has 0 saturated heterocycles. The minimum atomic E-state index is -0.472. The van der Waals surface area contributed by atoms with Gasteiger partial charge in [0.1, 0.15) is 6.10 Å². The molecule has 0 bridgehead atoms. The van der Waals surface area contributed by atoms with Crippen molar-refractivity contribution in [3.8, 4) is 0 Å². The number of nitrogens with zero attached hydrogens (tertiary/aromatic N) is 1. The molecular formula is C18H15ClN2O3. The highest BCUT2D eigenvalue weighted by atomic mass is 35.5. The third-order valence-electron chi connectivity index (χ3n) is 3.74. The van der Waals surface area contributed by atoms with Crippen LogP contribution >= 0.6 is 11.6 Å². The number of halogens is 1. The molecule has 6 heteroatoms. The molecule has 0 aliphatic rings. The molecule has 1 atom stereocenters. The van der Waals surface area contributed by atoms with Crippen molar-refractivity contribution in [2.24, 2.45) is 0 Å². The van der Waals surface area contributed by atoms with Gasteiger partial charge in [-0.2, -0.15) is 5.10 Å². The van der Waals surface area contributed by atoms with Crippen LogP contribution in [0.3, 0.4) is 0 Å². The van der Waals surface area contributed by atoms with E-state index >= 15 is 0 Å². The van der Waals surface area contributed by atoms with E-state index < -0.39 is 12.1 Å². The molecule has 0 fully saturated rings. The Balaban J connectivity index is 1.80. The maximum atomic E-state index is 12.2. The lowest BCUT2D eigenvalue weighted by Gasteiger charge is -2.15. The van der Waals surface area contributed by atoms with Crippen LogP contribution in [0.15, 0.2) is 53.3 Å². The number of nitrogens with one attached hydrogen (secondary N) is 1. The van der Waals surface area contributed by atoms with Gasteiger partial charge in [0.15, 0.2) is 0 Å². The average molecular weight is 343 g/mol. The first-order valence-electron chi connectivity index (χ1n) is 7.46. The molecule has 5 nitrogen and oxygen atoms in total. The van der Waals surface area contributed by atoms with Crippen molar-refractivity contribution in [3.05, 3.63) is 75.2 Å². The van der Waals surface area contributed by atoms with Crippen LogP contribution in [0.5, 0.6) is 0 Å². The van der Waals surface area contributed by atoms with Crippen LogP contribution in [0.4, 0.5) is 0 Å². The number of carbonyl (C=O) groups is 1. The summed E-state index contributed by atoms with van der Waals surface area (Å²) < 4.78 is 5.44. The Morgan fingerprint density at radius 1 is 1.17 bits per heavy atom. The summed E-state index contributed by atoms with van der Waals surface area (Å²) in [4.78, 5) is 24.0. The molecule has 122 valence electrons. The number of hydrogen-bond acceptors (Lipinski definition) is 4. The lowest BCUT2D eigenvalue weighted by atomic mass is 10.1. The van der Waals surface area contributed by atoms with Crippen molar-refractivity contribution < 1.29 is 9.53 Å². The Kier molecular flexibility index (Phi) is 4.62. The SMILES string of the molecule is C[C@H](OC(=O)Cc1n[nH]c(=O)c2ccccc12)c1ccccc1Cl. The largest absolute Gasteiger partial charge is 0.457 e. The molecule has 0 amide bonds. The van der Waals surface area contributed by atoms with Gasteiger partial charge in [-0.25, -0.2) is 5.10 Å². The van der Waals surface area contributed by atoms with Gasteiger partial charge in [-0.1, -0.05) is 48.0 Å². The van der Waals surface area contributed by atoms with Crippen LogP contribution < -0.4 is 5.56 Å². The van der Waals surface area contributed by atoms with Gasteiger partial charge in [-0.05, 0) is 19.1 Å². The van der Waals surface area contributed by atoms with Gasteiger partial charge >= 0.3 is 5.97 Å². The van der Waals surface area contributed by atoms with Crippen LogP contribution in [-0.2, 0) is 16.0 Å². The standard InChI is InChI=1S/C18H15ClN2O3/c1-11(12-6-4-5-9-15(12)19)24-17(22)10-16-13-7-2-3-8-14(13)18(23)21-20-16/h2-9,11H,10H2,1H3,(H,21,23)/t11-/m0/s1. The van der Waals surface area contributed by atoms with E-state index in [2.05, 4.69) is 10.2 Å². The molecule has 0 aliphatic carbocycles. The minimum absolute atomic E-state index is 0.0356.